The number of aromatic nitrogens is 3. The van der Waals surface area contributed by atoms with Crippen LogP contribution in [0, 0.1) is 0 Å². The lowest BCUT2D eigenvalue weighted by Crippen LogP contribution is -2.26. The topological polar surface area (TPSA) is 63.0 Å². The number of nitrogens with zero attached hydrogens (tertiary/aromatic N) is 3. The molecular weight excluding hydrogens is 240 g/mol. The molecule has 0 aliphatic rings. The molecule has 0 saturated carbocycles. The van der Waals surface area contributed by atoms with Gasteiger partial charge in [0.2, 0.25) is 0 Å². The predicted molar refractivity (Wildman–Crippen MR) is 73.7 cm³/mol. The van der Waals surface area contributed by atoms with E-state index in [1.54, 1.807) is 23.1 Å². The van der Waals surface area contributed by atoms with Crippen LogP contribution in [0.15, 0.2) is 30.6 Å². The Kier molecular flexibility index (Phi) is 4.52. The number of phenolic OH excluding ortho intramolecular Hbond substituents is 1. The predicted octanol–water partition coefficient (Wildman–Crippen LogP) is 1.63. The number of benzene rings is 1. The zero-order chi connectivity index (χ0) is 13.7. The van der Waals surface area contributed by atoms with E-state index in [0.717, 1.165) is 18.7 Å². The highest BCUT2D eigenvalue weighted by Crippen LogP contribution is 2.11. The summed E-state index contributed by atoms with van der Waals surface area (Å²) in [4.78, 5) is 4.18. The van der Waals surface area contributed by atoms with Gasteiger partial charge in [-0.25, -0.2) is 4.98 Å². The number of rotatable bonds is 6. The average Bonchev–Trinajstić information content (AvgIpc) is 2.81. The first-order chi connectivity index (χ1) is 9.13. The smallest absolute Gasteiger partial charge is 0.164 e. The van der Waals surface area contributed by atoms with Crippen molar-refractivity contribution in [3.05, 3.63) is 42.0 Å². The summed E-state index contributed by atoms with van der Waals surface area (Å²) < 4.78 is 1.71. The van der Waals surface area contributed by atoms with Gasteiger partial charge in [-0.05, 0) is 37.5 Å². The highest BCUT2D eigenvalue weighted by atomic mass is 16.3. The third-order valence-corrected chi connectivity index (χ3v) is 3.06. The molecule has 5 heteroatoms. The molecule has 2 aromatic rings. The fourth-order valence-corrected chi connectivity index (χ4v) is 1.88. The SMILES string of the molecule is C[C@H](CCc1ccc(O)cc1)NCc1ncn(C)n1. The molecule has 102 valence electrons. The van der Waals surface area contributed by atoms with Crippen LogP contribution in [0.4, 0.5) is 0 Å². The number of aromatic hydroxyl groups is 1. The van der Waals surface area contributed by atoms with Crippen LogP contribution in [-0.4, -0.2) is 25.9 Å². The Morgan fingerprint density at radius 3 is 2.68 bits per heavy atom. The van der Waals surface area contributed by atoms with Crippen molar-refractivity contribution < 1.29 is 5.11 Å². The Balaban J connectivity index is 1.72. The Morgan fingerprint density at radius 1 is 1.32 bits per heavy atom. The van der Waals surface area contributed by atoms with E-state index in [4.69, 9.17) is 0 Å². The number of nitrogens with one attached hydrogen (secondary N) is 1. The molecular formula is C14H20N4O. The Morgan fingerprint density at radius 2 is 2.05 bits per heavy atom. The minimum atomic E-state index is 0.316. The molecule has 0 spiro atoms. The standard InChI is InChI=1S/C14H20N4O/c1-11(15-9-14-16-10-18(2)17-14)3-4-12-5-7-13(19)8-6-12/h5-8,10-11,15,19H,3-4,9H2,1-2H3/t11-/m1/s1. The summed E-state index contributed by atoms with van der Waals surface area (Å²) in [5.41, 5.74) is 1.24. The van der Waals surface area contributed by atoms with Crippen molar-refractivity contribution in [3.8, 4) is 5.75 Å². The summed E-state index contributed by atoms with van der Waals surface area (Å²) in [5.74, 6) is 1.13. The third-order valence-electron chi connectivity index (χ3n) is 3.06. The summed E-state index contributed by atoms with van der Waals surface area (Å²) in [7, 11) is 1.87. The lowest BCUT2D eigenvalue weighted by molar-refractivity contribution is 0.474. The second-order valence-corrected chi connectivity index (χ2v) is 4.82. The fraction of sp³-hybridized carbons (Fsp3) is 0.429. The molecule has 5 nitrogen and oxygen atoms in total. The van der Waals surface area contributed by atoms with Gasteiger partial charge in [0, 0.05) is 13.1 Å². The molecule has 0 aliphatic heterocycles. The molecule has 19 heavy (non-hydrogen) atoms. The number of hydrogen-bond acceptors (Lipinski definition) is 4. The second kappa shape index (κ2) is 6.33. The Hall–Kier alpha value is -1.88. The van der Waals surface area contributed by atoms with Gasteiger partial charge >= 0.3 is 0 Å². The number of aryl methyl sites for hydroxylation is 2. The van der Waals surface area contributed by atoms with Crippen molar-refractivity contribution in [2.75, 3.05) is 0 Å². The first kappa shape index (κ1) is 13.5. The van der Waals surface area contributed by atoms with Crippen LogP contribution < -0.4 is 5.32 Å². The van der Waals surface area contributed by atoms with Gasteiger partial charge in [-0.3, -0.25) is 4.68 Å². The van der Waals surface area contributed by atoms with Gasteiger partial charge in [-0.2, -0.15) is 5.10 Å². The summed E-state index contributed by atoms with van der Waals surface area (Å²) in [5, 5.41) is 16.9. The zero-order valence-corrected chi connectivity index (χ0v) is 11.4. The lowest BCUT2D eigenvalue weighted by Gasteiger charge is -2.12. The van der Waals surface area contributed by atoms with Crippen molar-refractivity contribution in [2.24, 2.45) is 7.05 Å². The van der Waals surface area contributed by atoms with Crippen LogP contribution in [0.25, 0.3) is 0 Å². The van der Waals surface area contributed by atoms with Crippen LogP contribution in [0.5, 0.6) is 5.75 Å². The molecule has 0 aliphatic carbocycles. The van der Waals surface area contributed by atoms with Gasteiger partial charge in [0.1, 0.15) is 12.1 Å². The summed E-state index contributed by atoms with van der Waals surface area (Å²) in [6.07, 6.45) is 3.74. The van der Waals surface area contributed by atoms with E-state index in [2.05, 4.69) is 22.3 Å². The minimum absolute atomic E-state index is 0.316. The quantitative estimate of drug-likeness (QED) is 0.828. The molecule has 0 amide bonds. The molecule has 0 saturated heterocycles. The molecule has 0 fully saturated rings. The van der Waals surface area contributed by atoms with E-state index >= 15 is 0 Å². The van der Waals surface area contributed by atoms with Crippen LogP contribution in [0.3, 0.4) is 0 Å². The van der Waals surface area contributed by atoms with E-state index in [9.17, 15) is 5.11 Å². The van der Waals surface area contributed by atoms with Crippen LogP contribution >= 0.6 is 0 Å². The Bertz CT molecular complexity index is 506. The van der Waals surface area contributed by atoms with Crippen LogP contribution in [0.1, 0.15) is 24.7 Å². The van der Waals surface area contributed by atoms with Crippen LogP contribution in [-0.2, 0) is 20.0 Å². The first-order valence-electron chi connectivity index (χ1n) is 6.49. The van der Waals surface area contributed by atoms with Gasteiger partial charge in [0.25, 0.3) is 0 Å². The van der Waals surface area contributed by atoms with E-state index in [1.807, 2.05) is 19.2 Å². The largest absolute Gasteiger partial charge is 0.508 e. The second-order valence-electron chi connectivity index (χ2n) is 4.82. The van der Waals surface area contributed by atoms with Crippen molar-refractivity contribution in [2.45, 2.75) is 32.4 Å². The molecule has 1 aromatic carbocycles. The molecule has 0 bridgehead atoms. The normalized spacial score (nSPS) is 12.5. The summed E-state index contributed by atoms with van der Waals surface area (Å²) >= 11 is 0. The molecule has 2 rings (SSSR count). The van der Waals surface area contributed by atoms with Gasteiger partial charge in [0.15, 0.2) is 5.82 Å². The monoisotopic (exact) mass is 260 g/mol. The van der Waals surface area contributed by atoms with Gasteiger partial charge in [-0.1, -0.05) is 12.1 Å². The van der Waals surface area contributed by atoms with Crippen LogP contribution in [0.2, 0.25) is 0 Å². The average molecular weight is 260 g/mol. The van der Waals surface area contributed by atoms with Crippen molar-refractivity contribution >= 4 is 0 Å². The van der Waals surface area contributed by atoms with E-state index < -0.39 is 0 Å². The van der Waals surface area contributed by atoms with E-state index in [1.165, 1.54) is 5.56 Å². The fourth-order valence-electron chi connectivity index (χ4n) is 1.88. The molecule has 2 N–H and O–H groups in total. The first-order valence-corrected chi connectivity index (χ1v) is 6.49. The minimum Gasteiger partial charge on any atom is -0.508 e. The summed E-state index contributed by atoms with van der Waals surface area (Å²) in [6, 6.07) is 7.78. The molecule has 1 aromatic heterocycles. The van der Waals surface area contributed by atoms with E-state index in [0.29, 0.717) is 18.3 Å². The third kappa shape index (κ3) is 4.37. The highest BCUT2D eigenvalue weighted by Gasteiger charge is 2.04. The number of phenols is 1. The van der Waals surface area contributed by atoms with Crippen molar-refractivity contribution in [3.63, 3.8) is 0 Å². The van der Waals surface area contributed by atoms with Crippen molar-refractivity contribution in [1.29, 1.82) is 0 Å². The van der Waals surface area contributed by atoms with Gasteiger partial charge < -0.3 is 10.4 Å². The Labute approximate surface area is 113 Å². The van der Waals surface area contributed by atoms with Crippen molar-refractivity contribution in [1.82, 2.24) is 20.1 Å². The maximum atomic E-state index is 9.22. The maximum absolute atomic E-state index is 9.22. The molecule has 0 unspecified atom stereocenters. The van der Waals surface area contributed by atoms with Gasteiger partial charge in [-0.15, -0.1) is 0 Å². The number of hydrogen-bond donors (Lipinski definition) is 2. The molecule has 1 heterocycles. The maximum Gasteiger partial charge on any atom is 0.164 e. The van der Waals surface area contributed by atoms with Gasteiger partial charge in [0.05, 0.1) is 6.54 Å². The molecule has 1 atom stereocenters. The highest BCUT2D eigenvalue weighted by molar-refractivity contribution is 5.25. The lowest BCUT2D eigenvalue weighted by atomic mass is 10.1. The zero-order valence-electron chi connectivity index (χ0n) is 11.4. The molecule has 0 radical (unpaired) electrons. The summed E-state index contributed by atoms with van der Waals surface area (Å²) in [6.45, 7) is 2.85. The van der Waals surface area contributed by atoms with E-state index in [-0.39, 0.29) is 0 Å².